The number of benzene rings is 3. The van der Waals surface area contributed by atoms with Gasteiger partial charge in [-0.2, -0.15) is 5.10 Å². The standard InChI is InChI=1S/C24H26N6O4.2ClH/c25-22(32)10-8-20-19-7-3-17(23(26)27)13-16(19)4-9-21(20)34-24(33)15-1-5-18(6-2-15)28-14-30-29-11-12-31;;/h1-7,9,13-14,29,31H,8,10-12H2,(H2,25,32)(H3,26,27)(H,28,30);2*1H. The number of ether oxygens (including phenoxy) is 1. The predicted octanol–water partition coefficient (Wildman–Crippen LogP) is 2.54. The van der Waals surface area contributed by atoms with E-state index in [2.05, 4.69) is 15.8 Å². The summed E-state index contributed by atoms with van der Waals surface area (Å²) in [5, 5.41) is 24.7. The molecule has 0 unspecified atom stereocenters. The number of hydrogen-bond acceptors (Lipinski definition) is 7. The third-order valence-electron chi connectivity index (χ3n) is 4.95. The lowest BCUT2D eigenvalue weighted by Gasteiger charge is -2.14. The average Bonchev–Trinajstić information content (AvgIpc) is 2.83. The van der Waals surface area contributed by atoms with Crippen molar-refractivity contribution in [3.63, 3.8) is 0 Å². The number of nitrogens with zero attached hydrogens (tertiary/aromatic N) is 1. The van der Waals surface area contributed by atoms with Crippen molar-refractivity contribution in [3.8, 4) is 5.75 Å². The Morgan fingerprint density at radius 3 is 2.36 bits per heavy atom. The van der Waals surface area contributed by atoms with Crippen molar-refractivity contribution in [2.24, 2.45) is 16.6 Å². The van der Waals surface area contributed by atoms with Gasteiger partial charge in [0.15, 0.2) is 0 Å². The number of amides is 1. The summed E-state index contributed by atoms with van der Waals surface area (Å²) in [6.45, 7) is 0.325. The highest BCUT2D eigenvalue weighted by atomic mass is 35.5. The number of amidine groups is 1. The van der Waals surface area contributed by atoms with Gasteiger partial charge in [-0.25, -0.2) is 4.79 Å². The lowest BCUT2D eigenvalue weighted by atomic mass is 9.97. The summed E-state index contributed by atoms with van der Waals surface area (Å²) in [6, 6.07) is 15.3. The van der Waals surface area contributed by atoms with Crippen LogP contribution in [-0.4, -0.2) is 42.3 Å². The van der Waals surface area contributed by atoms with Crippen molar-refractivity contribution in [1.29, 1.82) is 5.41 Å². The van der Waals surface area contributed by atoms with Gasteiger partial charge in [-0.3, -0.25) is 10.2 Å². The average molecular weight is 535 g/mol. The third-order valence-corrected chi connectivity index (χ3v) is 4.95. The number of carbonyl (C=O) groups is 2. The van der Waals surface area contributed by atoms with E-state index in [1.54, 1.807) is 54.6 Å². The van der Waals surface area contributed by atoms with Crippen LogP contribution in [0.25, 0.3) is 10.8 Å². The minimum absolute atomic E-state index is 0. The zero-order valence-electron chi connectivity index (χ0n) is 19.2. The Hall–Kier alpha value is -3.86. The van der Waals surface area contributed by atoms with E-state index in [1.165, 1.54) is 6.34 Å². The molecule has 8 N–H and O–H groups in total. The van der Waals surface area contributed by atoms with E-state index in [0.29, 0.717) is 41.1 Å². The van der Waals surface area contributed by atoms with E-state index in [-0.39, 0.29) is 43.7 Å². The molecule has 0 aliphatic carbocycles. The number of halogens is 2. The topological polar surface area (TPSA) is 176 Å². The molecule has 0 aliphatic heterocycles. The number of anilines is 1. The molecule has 0 bridgehead atoms. The molecule has 10 nitrogen and oxygen atoms in total. The molecule has 0 aliphatic rings. The summed E-state index contributed by atoms with van der Waals surface area (Å²) in [5.74, 6) is -0.738. The molecule has 3 aromatic carbocycles. The molecule has 192 valence electrons. The fraction of sp³-hybridized carbons (Fsp3) is 0.167. The van der Waals surface area contributed by atoms with Crippen LogP contribution < -0.4 is 26.9 Å². The Labute approximate surface area is 220 Å². The Bertz CT molecular complexity index is 1240. The molecule has 0 heterocycles. The number of esters is 1. The molecule has 0 fully saturated rings. The van der Waals surface area contributed by atoms with Crippen LogP contribution in [0.3, 0.4) is 0 Å². The van der Waals surface area contributed by atoms with Crippen molar-refractivity contribution < 1.29 is 19.4 Å². The fourth-order valence-electron chi connectivity index (χ4n) is 3.27. The number of nitrogens with one attached hydrogen (secondary N) is 3. The first-order valence-electron chi connectivity index (χ1n) is 10.5. The van der Waals surface area contributed by atoms with Crippen molar-refractivity contribution in [1.82, 2.24) is 5.43 Å². The number of primary amides is 1. The first-order valence-corrected chi connectivity index (χ1v) is 10.5. The van der Waals surface area contributed by atoms with Gasteiger partial charge in [-0.1, -0.05) is 18.2 Å². The molecular formula is C24H28Cl2N6O4. The first-order chi connectivity index (χ1) is 16.4. The van der Waals surface area contributed by atoms with Gasteiger partial charge in [0.25, 0.3) is 0 Å². The molecule has 0 atom stereocenters. The third kappa shape index (κ3) is 8.12. The highest BCUT2D eigenvalue weighted by Crippen LogP contribution is 2.31. The minimum atomic E-state index is -0.551. The summed E-state index contributed by atoms with van der Waals surface area (Å²) >= 11 is 0. The van der Waals surface area contributed by atoms with Crippen molar-refractivity contribution in [2.45, 2.75) is 12.8 Å². The van der Waals surface area contributed by atoms with E-state index in [1.807, 2.05) is 0 Å². The number of hydrazone groups is 1. The molecule has 1 amide bonds. The van der Waals surface area contributed by atoms with E-state index in [4.69, 9.17) is 26.7 Å². The number of nitrogens with two attached hydrogens (primary N) is 2. The highest BCUT2D eigenvalue weighted by molar-refractivity contribution is 6.00. The monoisotopic (exact) mass is 534 g/mol. The number of rotatable bonds is 11. The number of nitrogen functional groups attached to an aromatic ring is 1. The lowest BCUT2D eigenvalue weighted by Crippen LogP contribution is -2.14. The largest absolute Gasteiger partial charge is 0.423 e. The van der Waals surface area contributed by atoms with Crippen molar-refractivity contribution >= 4 is 65.3 Å². The van der Waals surface area contributed by atoms with Crippen LogP contribution in [0.2, 0.25) is 0 Å². The minimum Gasteiger partial charge on any atom is -0.423 e. The van der Waals surface area contributed by atoms with Gasteiger partial charge in [-0.05, 0) is 53.6 Å². The van der Waals surface area contributed by atoms with Gasteiger partial charge < -0.3 is 32.1 Å². The van der Waals surface area contributed by atoms with Crippen LogP contribution in [0.15, 0.2) is 59.7 Å². The SMILES string of the molecule is Cl.Cl.N=C(N)c1ccc2c(CCC(N)=O)c(OC(=O)c3ccc(N/C=N/NCCO)cc3)ccc2c1. The van der Waals surface area contributed by atoms with Crippen LogP contribution in [-0.2, 0) is 11.2 Å². The number of aliphatic hydroxyl groups excluding tert-OH is 1. The molecule has 0 aromatic heterocycles. The molecular weight excluding hydrogens is 507 g/mol. The Kier molecular flexibility index (Phi) is 12.2. The summed E-state index contributed by atoms with van der Waals surface area (Å²) < 4.78 is 5.68. The number of aliphatic hydroxyl groups is 1. The van der Waals surface area contributed by atoms with E-state index in [9.17, 15) is 9.59 Å². The maximum Gasteiger partial charge on any atom is 0.343 e. The number of aryl methyl sites for hydroxylation is 1. The van der Waals surface area contributed by atoms with Crippen LogP contribution in [0.4, 0.5) is 5.69 Å². The van der Waals surface area contributed by atoms with E-state index < -0.39 is 11.9 Å². The van der Waals surface area contributed by atoms with Crippen LogP contribution >= 0.6 is 24.8 Å². The molecule has 0 saturated heterocycles. The molecule has 12 heteroatoms. The van der Waals surface area contributed by atoms with E-state index in [0.717, 1.165) is 10.8 Å². The normalized spacial score (nSPS) is 10.2. The van der Waals surface area contributed by atoms with Crippen molar-refractivity contribution in [3.05, 3.63) is 71.3 Å². The van der Waals surface area contributed by atoms with Crippen LogP contribution in [0, 0.1) is 5.41 Å². The second-order valence-corrected chi connectivity index (χ2v) is 7.36. The summed E-state index contributed by atoms with van der Waals surface area (Å²) in [6.07, 6.45) is 1.81. The zero-order chi connectivity index (χ0) is 24.5. The molecule has 3 rings (SSSR count). The molecule has 0 radical (unpaired) electrons. The maximum absolute atomic E-state index is 12.8. The molecule has 3 aromatic rings. The number of fused-ring (bicyclic) bond motifs is 1. The van der Waals surface area contributed by atoms with Crippen molar-refractivity contribution in [2.75, 3.05) is 18.5 Å². The fourth-order valence-corrected chi connectivity index (χ4v) is 3.27. The van der Waals surface area contributed by atoms with E-state index >= 15 is 0 Å². The Balaban J connectivity index is 0.00000324. The summed E-state index contributed by atoms with van der Waals surface area (Å²) in [5.41, 5.74) is 15.9. The smallest absolute Gasteiger partial charge is 0.343 e. The molecule has 0 saturated carbocycles. The quantitative estimate of drug-likeness (QED) is 0.0546. The van der Waals surface area contributed by atoms with Gasteiger partial charge >= 0.3 is 5.97 Å². The summed E-state index contributed by atoms with van der Waals surface area (Å²) in [7, 11) is 0. The zero-order valence-corrected chi connectivity index (χ0v) is 20.8. The van der Waals surface area contributed by atoms with Gasteiger partial charge in [-0.15, -0.1) is 24.8 Å². The van der Waals surface area contributed by atoms with Gasteiger partial charge in [0.2, 0.25) is 5.91 Å². The first kappa shape index (κ1) is 30.2. The second kappa shape index (κ2) is 14.5. The van der Waals surface area contributed by atoms with Crippen LogP contribution in [0.5, 0.6) is 5.75 Å². The van der Waals surface area contributed by atoms with Gasteiger partial charge in [0, 0.05) is 23.2 Å². The molecule has 36 heavy (non-hydrogen) atoms. The predicted molar refractivity (Wildman–Crippen MR) is 146 cm³/mol. The maximum atomic E-state index is 12.8. The second-order valence-electron chi connectivity index (χ2n) is 7.36. The number of hydrogen-bond donors (Lipinski definition) is 6. The Morgan fingerprint density at radius 2 is 1.72 bits per heavy atom. The van der Waals surface area contributed by atoms with Gasteiger partial charge in [0.1, 0.15) is 17.9 Å². The van der Waals surface area contributed by atoms with Gasteiger partial charge in [0.05, 0.1) is 18.7 Å². The Morgan fingerprint density at radius 1 is 1.03 bits per heavy atom. The molecule has 0 spiro atoms. The summed E-state index contributed by atoms with van der Waals surface area (Å²) in [4.78, 5) is 24.2. The number of carbonyl (C=O) groups excluding carboxylic acids is 2. The lowest BCUT2D eigenvalue weighted by molar-refractivity contribution is -0.117. The van der Waals surface area contributed by atoms with Crippen LogP contribution in [0.1, 0.15) is 27.9 Å². The highest BCUT2D eigenvalue weighted by Gasteiger charge is 2.16.